The number of halogens is 4. The number of allylic oxidation sites excluding steroid dienone is 1. The Morgan fingerprint density at radius 2 is 1.70 bits per heavy atom. The molecule has 3 N–H and O–H groups in total. The van der Waals surface area contributed by atoms with Crippen LogP contribution in [0.25, 0.3) is 11.1 Å². The molecule has 3 fully saturated rings. The summed E-state index contributed by atoms with van der Waals surface area (Å²) in [6.45, 7) is 1.35. The predicted octanol–water partition coefficient (Wildman–Crippen LogP) is 7.26. The minimum absolute atomic E-state index is 0.0141. The smallest absolute Gasteiger partial charge is 0.416 e. The molecule has 3 aromatic carbocycles. The lowest BCUT2D eigenvalue weighted by atomic mass is 9.83. The Labute approximate surface area is 262 Å². The van der Waals surface area contributed by atoms with Crippen LogP contribution in [0, 0.1) is 36.4 Å². The Kier molecular flexibility index (Phi) is 8.12. The molecule has 46 heavy (non-hydrogen) atoms. The minimum Gasteiger partial charge on any atom is -0.496 e. The maximum absolute atomic E-state index is 14.8. The van der Waals surface area contributed by atoms with Gasteiger partial charge in [0.1, 0.15) is 11.6 Å². The molecular weight excluding hydrogens is 604 g/mol. The number of benzene rings is 3. The second kappa shape index (κ2) is 11.9. The SMILES string of the molecule is COc1ccc(-c2cc(C(=O)O)ccc2F)cc1C(=O)N[C@H]1[C@@H](C(=O)Nc2ccc(C)c(C(F)(F)F)c2)[C@H]2CC[C@@H]1/C2=C\C1CC1. The lowest BCUT2D eigenvalue weighted by Crippen LogP contribution is -2.48. The summed E-state index contributed by atoms with van der Waals surface area (Å²) < 4.78 is 61.0. The van der Waals surface area contributed by atoms with E-state index in [2.05, 4.69) is 16.7 Å². The second-order valence-corrected chi connectivity index (χ2v) is 12.3. The summed E-state index contributed by atoms with van der Waals surface area (Å²) in [6.07, 6.45) is 1.16. The van der Waals surface area contributed by atoms with Crippen molar-refractivity contribution in [2.24, 2.45) is 23.7 Å². The number of alkyl halides is 3. The molecule has 0 aromatic heterocycles. The zero-order chi connectivity index (χ0) is 32.9. The van der Waals surface area contributed by atoms with Gasteiger partial charge in [0.25, 0.3) is 5.91 Å². The van der Waals surface area contributed by atoms with Crippen LogP contribution in [-0.2, 0) is 11.0 Å². The highest BCUT2D eigenvalue weighted by Gasteiger charge is 2.55. The first kappa shape index (κ1) is 31.3. The van der Waals surface area contributed by atoms with Crippen molar-refractivity contribution in [1.82, 2.24) is 5.32 Å². The van der Waals surface area contributed by atoms with Gasteiger partial charge in [-0.1, -0.05) is 23.8 Å². The van der Waals surface area contributed by atoms with Crippen LogP contribution < -0.4 is 15.4 Å². The van der Waals surface area contributed by atoms with E-state index < -0.39 is 47.3 Å². The van der Waals surface area contributed by atoms with Crippen LogP contribution in [-0.4, -0.2) is 36.0 Å². The lowest BCUT2D eigenvalue weighted by Gasteiger charge is -2.30. The molecule has 3 saturated carbocycles. The molecule has 0 aliphatic heterocycles. The van der Waals surface area contributed by atoms with Crippen molar-refractivity contribution in [3.05, 3.63) is 94.3 Å². The summed E-state index contributed by atoms with van der Waals surface area (Å²) in [4.78, 5) is 39.2. The molecule has 6 rings (SSSR count). The molecule has 0 saturated heterocycles. The molecule has 0 spiro atoms. The van der Waals surface area contributed by atoms with E-state index in [1.54, 1.807) is 0 Å². The number of carboxylic acid groups (broad SMARTS) is 1. The fourth-order valence-electron chi connectivity index (χ4n) is 6.95. The number of carbonyl (C=O) groups excluding carboxylic acids is 2. The van der Waals surface area contributed by atoms with Gasteiger partial charge < -0.3 is 20.5 Å². The van der Waals surface area contributed by atoms with Gasteiger partial charge in [-0.05, 0) is 98.0 Å². The van der Waals surface area contributed by atoms with E-state index >= 15 is 0 Å². The Morgan fingerprint density at radius 3 is 2.37 bits per heavy atom. The number of amides is 2. The topological polar surface area (TPSA) is 105 Å². The van der Waals surface area contributed by atoms with Gasteiger partial charge in [-0.2, -0.15) is 13.2 Å². The molecule has 0 heterocycles. The zero-order valence-electron chi connectivity index (χ0n) is 25.1. The molecule has 7 nitrogen and oxygen atoms in total. The maximum atomic E-state index is 14.8. The van der Waals surface area contributed by atoms with Gasteiger partial charge >= 0.3 is 12.1 Å². The number of aromatic carboxylic acids is 1. The molecule has 2 amide bonds. The summed E-state index contributed by atoms with van der Waals surface area (Å²) in [5, 5.41) is 15.1. The van der Waals surface area contributed by atoms with Crippen LogP contribution in [0.3, 0.4) is 0 Å². The number of aryl methyl sites for hydroxylation is 1. The van der Waals surface area contributed by atoms with E-state index in [4.69, 9.17) is 4.74 Å². The van der Waals surface area contributed by atoms with Crippen LogP contribution in [0.4, 0.5) is 23.2 Å². The number of fused-ring (bicyclic) bond motifs is 2. The Balaban J connectivity index is 1.32. The van der Waals surface area contributed by atoms with Crippen molar-refractivity contribution in [3.63, 3.8) is 0 Å². The Morgan fingerprint density at radius 1 is 0.957 bits per heavy atom. The molecule has 2 bridgehead atoms. The fourth-order valence-corrected chi connectivity index (χ4v) is 6.95. The summed E-state index contributed by atoms with van der Waals surface area (Å²) in [7, 11) is 1.37. The number of rotatable bonds is 8. The highest BCUT2D eigenvalue weighted by Crippen LogP contribution is 2.54. The third-order valence-corrected chi connectivity index (χ3v) is 9.33. The molecule has 3 aliphatic rings. The third-order valence-electron chi connectivity index (χ3n) is 9.33. The van der Waals surface area contributed by atoms with Gasteiger partial charge in [0.05, 0.1) is 29.7 Å². The minimum atomic E-state index is -4.58. The van der Waals surface area contributed by atoms with E-state index in [-0.39, 0.29) is 51.1 Å². The maximum Gasteiger partial charge on any atom is 0.416 e. The highest BCUT2D eigenvalue weighted by molar-refractivity contribution is 6.00. The van der Waals surface area contributed by atoms with Crippen molar-refractivity contribution in [2.45, 2.75) is 44.8 Å². The van der Waals surface area contributed by atoms with Gasteiger partial charge in [-0.15, -0.1) is 0 Å². The van der Waals surface area contributed by atoms with E-state index in [9.17, 15) is 37.1 Å². The van der Waals surface area contributed by atoms with Crippen LogP contribution in [0.2, 0.25) is 0 Å². The Bertz CT molecular complexity index is 1760. The number of carboxylic acids is 1. The quantitative estimate of drug-likeness (QED) is 0.178. The molecule has 11 heteroatoms. The largest absolute Gasteiger partial charge is 0.496 e. The first-order valence-electron chi connectivity index (χ1n) is 15.1. The third kappa shape index (κ3) is 5.98. The van der Waals surface area contributed by atoms with Crippen LogP contribution in [0.1, 0.15) is 57.5 Å². The number of carbonyl (C=O) groups is 3. The van der Waals surface area contributed by atoms with Crippen LogP contribution >= 0.6 is 0 Å². The average molecular weight is 637 g/mol. The monoisotopic (exact) mass is 636 g/mol. The van der Waals surface area contributed by atoms with Crippen molar-refractivity contribution in [2.75, 3.05) is 12.4 Å². The zero-order valence-corrected chi connectivity index (χ0v) is 25.1. The molecule has 240 valence electrons. The van der Waals surface area contributed by atoms with Crippen molar-refractivity contribution in [3.8, 4) is 16.9 Å². The van der Waals surface area contributed by atoms with Gasteiger partial charge in [0.15, 0.2) is 0 Å². The molecular formula is C35H32F4N2O5. The number of ether oxygens (including phenoxy) is 1. The van der Waals surface area contributed by atoms with E-state index in [0.29, 0.717) is 12.3 Å². The van der Waals surface area contributed by atoms with Crippen LogP contribution in [0.5, 0.6) is 5.75 Å². The Hall–Kier alpha value is -4.67. The summed E-state index contributed by atoms with van der Waals surface area (Å²) >= 11 is 0. The number of hydrogen-bond acceptors (Lipinski definition) is 4. The normalized spacial score (nSPS) is 23.0. The van der Waals surface area contributed by atoms with E-state index in [1.807, 2.05) is 0 Å². The van der Waals surface area contributed by atoms with E-state index in [1.165, 1.54) is 50.4 Å². The average Bonchev–Trinajstić information content (AvgIpc) is 3.69. The van der Waals surface area contributed by atoms with Gasteiger partial charge in [0.2, 0.25) is 5.91 Å². The number of nitrogens with one attached hydrogen (secondary N) is 2. The first-order valence-corrected chi connectivity index (χ1v) is 15.1. The summed E-state index contributed by atoms with van der Waals surface area (Å²) in [5.74, 6) is -3.41. The fraction of sp³-hybridized carbons (Fsp3) is 0.343. The van der Waals surface area contributed by atoms with Gasteiger partial charge in [-0.3, -0.25) is 9.59 Å². The van der Waals surface area contributed by atoms with Crippen molar-refractivity contribution >= 4 is 23.5 Å². The molecule has 4 atom stereocenters. The van der Waals surface area contributed by atoms with Gasteiger partial charge in [0, 0.05) is 23.2 Å². The standard InChI is InChI=1S/C35H32F4N2O5/c1-17-3-8-21(16-27(17)35(37,38)39)40-33(43)30-22-9-10-23(25(22)13-18-4-5-18)31(30)41-32(42)26-14-19(7-12-29(26)46-2)24-15-20(34(44)45)6-11-28(24)36/h3,6-8,11-16,18,22-23,30-31H,4-5,9-10H2,1-2H3,(H,40,43)(H,41,42)(H,44,45)/b25-13-/t22-,23+,30-,31+/m0/s1. The van der Waals surface area contributed by atoms with E-state index in [0.717, 1.165) is 43.0 Å². The van der Waals surface area contributed by atoms with Gasteiger partial charge in [-0.25, -0.2) is 9.18 Å². The molecule has 3 aliphatic carbocycles. The van der Waals surface area contributed by atoms with Crippen LogP contribution in [0.15, 0.2) is 66.2 Å². The van der Waals surface area contributed by atoms with Crippen molar-refractivity contribution in [1.29, 1.82) is 0 Å². The molecule has 0 unspecified atom stereocenters. The lowest BCUT2D eigenvalue weighted by molar-refractivity contribution is -0.138. The number of anilines is 1. The highest BCUT2D eigenvalue weighted by atomic mass is 19.4. The first-order chi connectivity index (χ1) is 21.8. The number of methoxy groups -OCH3 is 1. The summed E-state index contributed by atoms with van der Waals surface area (Å²) in [5.41, 5.74) is 0.487. The van der Waals surface area contributed by atoms with Crippen molar-refractivity contribution < 1.29 is 41.8 Å². The second-order valence-electron chi connectivity index (χ2n) is 12.3. The molecule has 3 aromatic rings. The predicted molar refractivity (Wildman–Crippen MR) is 162 cm³/mol. The number of hydrogen-bond donors (Lipinski definition) is 3. The summed E-state index contributed by atoms with van der Waals surface area (Å²) in [6, 6.07) is 10.8. The molecule has 0 radical (unpaired) electrons.